The van der Waals surface area contributed by atoms with Gasteiger partial charge in [-0.2, -0.15) is 5.10 Å². The zero-order valence-corrected chi connectivity index (χ0v) is 13.9. The van der Waals surface area contributed by atoms with E-state index >= 15 is 0 Å². The second kappa shape index (κ2) is 12.6. The number of hydrogen-bond donors (Lipinski definition) is 1. The normalized spacial score (nSPS) is 9.89. The maximum absolute atomic E-state index is 5.17. The molecule has 0 saturated carbocycles. The first-order chi connectivity index (χ1) is 9.19. The Morgan fingerprint density at radius 3 is 2.58 bits per heavy atom. The summed E-state index contributed by atoms with van der Waals surface area (Å²) in [5.41, 5.74) is 3.62. The second-order valence-electron chi connectivity index (χ2n) is 3.15. The molecule has 0 aliphatic carbocycles. The van der Waals surface area contributed by atoms with E-state index < -0.39 is 0 Å². The minimum atomic E-state index is 0.636. The number of pyridine rings is 1. The summed E-state index contributed by atoms with van der Waals surface area (Å²) >= 11 is 5.93. The molecule has 1 heterocycles. The summed E-state index contributed by atoms with van der Waals surface area (Å²) < 4.78 is 0. The van der Waals surface area contributed by atoms with Crippen molar-refractivity contribution < 1.29 is 13.1 Å². The molecule has 111 valence electrons. The van der Waals surface area contributed by atoms with Crippen LogP contribution in [0.15, 0.2) is 29.5 Å². The molecular weight excluding hydrogens is 355 g/mol. The van der Waals surface area contributed by atoms with E-state index in [9.17, 15) is 0 Å². The predicted molar refractivity (Wildman–Crippen MR) is 82.2 cm³/mol. The zero-order chi connectivity index (χ0) is 14.5. The van der Waals surface area contributed by atoms with Crippen LogP contribution in [0.2, 0.25) is 0 Å². The Hall–Kier alpha value is -0.391. The summed E-state index contributed by atoms with van der Waals surface area (Å²) in [5.74, 6) is 0. The van der Waals surface area contributed by atoms with E-state index in [1.54, 1.807) is 12.4 Å². The molecule has 1 rings (SSSR count). The first-order valence-electron chi connectivity index (χ1n) is 5.49. The van der Waals surface area contributed by atoms with Crippen LogP contribution in [0.25, 0.3) is 0 Å². The van der Waals surface area contributed by atoms with Gasteiger partial charge in [0.2, 0.25) is 0 Å². The zero-order valence-electron chi connectivity index (χ0n) is 10.6. The molecule has 0 aliphatic heterocycles. The van der Waals surface area contributed by atoms with Gasteiger partial charge < -0.3 is 4.90 Å². The first-order valence-corrected chi connectivity index (χ1v) is 8.49. The van der Waals surface area contributed by atoms with Crippen molar-refractivity contribution >= 4 is 43.7 Å². The summed E-state index contributed by atoms with van der Waals surface area (Å²) in [7, 11) is 9.34. The second-order valence-corrected chi connectivity index (χ2v) is 5.09. The molecule has 1 aromatic rings. The number of hydrazone groups is 1. The number of nitrogens with one attached hydrogen (secondary N) is 1. The quantitative estimate of drug-likeness (QED) is 0.383. The SMILES string of the molecule is CCN(CC)C(=S)NN=Cc1ccccn1.[Cl][Cu][Cl]. The van der Waals surface area contributed by atoms with Crippen LogP contribution >= 0.6 is 32.4 Å². The van der Waals surface area contributed by atoms with Gasteiger partial charge in [0, 0.05) is 19.3 Å². The molecule has 1 aromatic heterocycles. The van der Waals surface area contributed by atoms with Crippen LogP contribution in [0, 0.1) is 0 Å². The fourth-order valence-electron chi connectivity index (χ4n) is 1.19. The minimum absolute atomic E-state index is 0.636. The number of hydrogen-bond acceptors (Lipinski definition) is 3. The maximum atomic E-state index is 5.17. The van der Waals surface area contributed by atoms with E-state index in [1.165, 1.54) is 0 Å². The van der Waals surface area contributed by atoms with Gasteiger partial charge in [0.1, 0.15) is 0 Å². The molecule has 0 bridgehead atoms. The van der Waals surface area contributed by atoms with Crippen molar-refractivity contribution in [2.75, 3.05) is 13.1 Å². The average molecular weight is 371 g/mol. The Bertz CT molecular complexity index is 374. The molecule has 0 atom stereocenters. The molecule has 1 N–H and O–H groups in total. The predicted octanol–water partition coefficient (Wildman–Crippen LogP) is 3.01. The Labute approximate surface area is 134 Å². The van der Waals surface area contributed by atoms with Gasteiger partial charge in [0.25, 0.3) is 0 Å². The molecule has 19 heavy (non-hydrogen) atoms. The van der Waals surface area contributed by atoms with Crippen LogP contribution in [0.5, 0.6) is 0 Å². The number of aromatic nitrogens is 1. The molecule has 0 spiro atoms. The summed E-state index contributed by atoms with van der Waals surface area (Å²) in [5, 5.41) is 4.67. The van der Waals surface area contributed by atoms with Crippen molar-refractivity contribution in [2.24, 2.45) is 5.10 Å². The third-order valence-electron chi connectivity index (χ3n) is 2.10. The number of halogens is 2. The summed E-state index contributed by atoms with van der Waals surface area (Å²) in [6.45, 7) is 5.86. The van der Waals surface area contributed by atoms with Gasteiger partial charge in [-0.15, -0.1) is 0 Å². The van der Waals surface area contributed by atoms with Crippen molar-refractivity contribution in [3.05, 3.63) is 30.1 Å². The third kappa shape index (κ3) is 9.19. The van der Waals surface area contributed by atoms with Gasteiger partial charge >= 0.3 is 33.3 Å². The topological polar surface area (TPSA) is 40.5 Å². The van der Waals surface area contributed by atoms with Crippen molar-refractivity contribution in [2.45, 2.75) is 13.8 Å². The van der Waals surface area contributed by atoms with E-state index in [4.69, 9.17) is 12.2 Å². The van der Waals surface area contributed by atoms with Crippen LogP contribution < -0.4 is 5.43 Å². The number of rotatable bonds is 4. The Balaban J connectivity index is 0.000000982. The van der Waals surface area contributed by atoms with Crippen LogP contribution in [-0.4, -0.2) is 34.3 Å². The third-order valence-corrected chi connectivity index (χ3v) is 2.44. The van der Waals surface area contributed by atoms with Crippen LogP contribution in [0.1, 0.15) is 19.5 Å². The molecule has 0 aromatic carbocycles. The Morgan fingerprint density at radius 2 is 2.11 bits per heavy atom. The van der Waals surface area contributed by atoms with Gasteiger partial charge in [-0.25, -0.2) is 0 Å². The van der Waals surface area contributed by atoms with Crippen LogP contribution in [0.3, 0.4) is 0 Å². The van der Waals surface area contributed by atoms with Gasteiger partial charge in [-0.05, 0) is 38.2 Å². The fraction of sp³-hybridized carbons (Fsp3) is 0.364. The molecule has 0 unspecified atom stereocenters. The Kier molecular flexibility index (Phi) is 12.4. The van der Waals surface area contributed by atoms with Crippen LogP contribution in [-0.2, 0) is 13.1 Å². The van der Waals surface area contributed by atoms with Crippen molar-refractivity contribution in [1.82, 2.24) is 15.3 Å². The van der Waals surface area contributed by atoms with Crippen molar-refractivity contribution in [1.29, 1.82) is 0 Å². The molecule has 0 amide bonds. The molecule has 0 aliphatic rings. The fourth-order valence-corrected chi connectivity index (χ4v) is 1.50. The van der Waals surface area contributed by atoms with E-state index in [1.807, 2.05) is 23.1 Å². The van der Waals surface area contributed by atoms with E-state index in [-0.39, 0.29) is 0 Å². The first kappa shape index (κ1) is 18.6. The van der Waals surface area contributed by atoms with E-state index in [0.717, 1.165) is 31.9 Å². The number of nitrogens with zero attached hydrogens (tertiary/aromatic N) is 3. The van der Waals surface area contributed by atoms with Crippen molar-refractivity contribution in [3.8, 4) is 0 Å². The molecule has 0 fully saturated rings. The number of thiocarbonyl (C=S) groups is 1. The van der Waals surface area contributed by atoms with Gasteiger partial charge in [0.05, 0.1) is 11.9 Å². The summed E-state index contributed by atoms with van der Waals surface area (Å²) in [6, 6.07) is 5.66. The van der Waals surface area contributed by atoms with E-state index in [2.05, 4.69) is 49.6 Å². The van der Waals surface area contributed by atoms with Gasteiger partial charge in [-0.3, -0.25) is 10.4 Å². The Morgan fingerprint density at radius 1 is 1.47 bits per heavy atom. The standard InChI is InChI=1S/C11H16N4S.2ClH.Cu/c1-3-15(4-2)11(16)14-13-9-10-7-5-6-8-12-10;;;/h5-9H,3-4H2,1-2H3,(H,14,16);2*1H;/q;;;+2/p-2. The molecular formula is C11H16Cl2CuN4S. The van der Waals surface area contributed by atoms with E-state index in [0.29, 0.717) is 5.11 Å². The van der Waals surface area contributed by atoms with Crippen molar-refractivity contribution in [3.63, 3.8) is 0 Å². The molecule has 0 radical (unpaired) electrons. The average Bonchev–Trinajstić information content (AvgIpc) is 2.42. The summed E-state index contributed by atoms with van der Waals surface area (Å²) in [4.78, 5) is 6.13. The summed E-state index contributed by atoms with van der Waals surface area (Å²) in [6.07, 6.45) is 3.37. The molecule has 4 nitrogen and oxygen atoms in total. The van der Waals surface area contributed by atoms with Gasteiger partial charge in [0.15, 0.2) is 5.11 Å². The van der Waals surface area contributed by atoms with Crippen LogP contribution in [0.4, 0.5) is 0 Å². The van der Waals surface area contributed by atoms with Gasteiger partial charge in [-0.1, -0.05) is 6.07 Å². The molecule has 8 heteroatoms. The monoisotopic (exact) mass is 369 g/mol. The molecule has 0 saturated heterocycles.